The highest BCUT2D eigenvalue weighted by molar-refractivity contribution is 5.87. The molecule has 0 fully saturated rings. The van der Waals surface area contributed by atoms with Crippen LogP contribution in [0.25, 0.3) is 0 Å². The van der Waals surface area contributed by atoms with Crippen molar-refractivity contribution in [2.45, 2.75) is 20.1 Å². The van der Waals surface area contributed by atoms with Gasteiger partial charge in [0, 0.05) is 5.56 Å². The van der Waals surface area contributed by atoms with Crippen molar-refractivity contribution in [3.05, 3.63) is 93.5 Å². The molecule has 0 unspecified atom stereocenters. The third kappa shape index (κ3) is 4.16. The van der Waals surface area contributed by atoms with Gasteiger partial charge in [-0.3, -0.25) is 9.36 Å². The molecule has 0 aliphatic rings. The summed E-state index contributed by atoms with van der Waals surface area (Å²) in [7, 11) is 0. The second-order valence-electron chi connectivity index (χ2n) is 5.90. The third-order valence-electron chi connectivity index (χ3n) is 3.95. The van der Waals surface area contributed by atoms with E-state index in [9.17, 15) is 14.7 Å². The maximum atomic E-state index is 12.3. The van der Waals surface area contributed by atoms with Crippen LogP contribution in [0.2, 0.25) is 0 Å². The zero-order chi connectivity index (χ0) is 18.5. The molecule has 1 aromatic heterocycles. The maximum Gasteiger partial charge on any atom is 0.257 e. The number of carboxylic acid groups (broad SMARTS) is 1. The first kappa shape index (κ1) is 17.4. The fraction of sp³-hybridized carbons (Fsp3) is 0.150. The number of hydrogen-bond acceptors (Lipinski definition) is 5. The van der Waals surface area contributed by atoms with Crippen LogP contribution in [-0.4, -0.2) is 15.5 Å². The molecule has 6 nitrogen and oxygen atoms in total. The summed E-state index contributed by atoms with van der Waals surface area (Å²) < 4.78 is 6.98. The third-order valence-corrected chi connectivity index (χ3v) is 3.95. The lowest BCUT2D eigenvalue weighted by Crippen LogP contribution is -2.24. The van der Waals surface area contributed by atoms with Crippen LogP contribution >= 0.6 is 0 Å². The van der Waals surface area contributed by atoms with Crippen molar-refractivity contribution in [1.82, 2.24) is 9.55 Å². The lowest BCUT2D eigenvalue weighted by atomic mass is 10.1. The molecule has 2 aromatic carbocycles. The summed E-state index contributed by atoms with van der Waals surface area (Å²) in [5.74, 6) is -0.952. The minimum absolute atomic E-state index is 0.142. The SMILES string of the molecule is Cc1cc(Cn2cnc(OCc3ccccc3)cc2=O)ccc1C(=O)[O-]. The Kier molecular flexibility index (Phi) is 5.12. The first-order chi connectivity index (χ1) is 12.5. The number of aryl methyl sites for hydroxylation is 1. The van der Waals surface area contributed by atoms with Crippen molar-refractivity contribution in [3.63, 3.8) is 0 Å². The van der Waals surface area contributed by atoms with E-state index >= 15 is 0 Å². The lowest BCUT2D eigenvalue weighted by Gasteiger charge is -2.11. The van der Waals surface area contributed by atoms with Crippen LogP contribution in [0.1, 0.15) is 27.0 Å². The number of nitrogens with zero attached hydrogens (tertiary/aromatic N) is 2. The van der Waals surface area contributed by atoms with Crippen molar-refractivity contribution < 1.29 is 14.6 Å². The van der Waals surface area contributed by atoms with E-state index in [1.165, 1.54) is 23.0 Å². The van der Waals surface area contributed by atoms with E-state index in [1.807, 2.05) is 30.3 Å². The highest BCUT2D eigenvalue weighted by atomic mass is 16.5. The Hall–Kier alpha value is -3.41. The molecule has 3 rings (SSSR count). The predicted molar refractivity (Wildman–Crippen MR) is 93.9 cm³/mol. The predicted octanol–water partition coefficient (Wildman–Crippen LogP) is 1.54. The van der Waals surface area contributed by atoms with E-state index < -0.39 is 5.97 Å². The largest absolute Gasteiger partial charge is 0.545 e. The molecule has 3 aromatic rings. The minimum Gasteiger partial charge on any atom is -0.545 e. The van der Waals surface area contributed by atoms with Crippen molar-refractivity contribution in [1.29, 1.82) is 0 Å². The lowest BCUT2D eigenvalue weighted by molar-refractivity contribution is -0.255. The average Bonchev–Trinajstić information content (AvgIpc) is 2.63. The normalized spacial score (nSPS) is 10.5. The molecule has 0 aliphatic carbocycles. The van der Waals surface area contributed by atoms with Gasteiger partial charge in [-0.15, -0.1) is 0 Å². The van der Waals surface area contributed by atoms with Crippen molar-refractivity contribution in [3.8, 4) is 5.88 Å². The maximum absolute atomic E-state index is 12.3. The van der Waals surface area contributed by atoms with Crippen LogP contribution in [0, 0.1) is 6.92 Å². The molecule has 1 heterocycles. The van der Waals surface area contributed by atoms with Gasteiger partial charge in [0.1, 0.15) is 12.9 Å². The molecule has 6 heteroatoms. The monoisotopic (exact) mass is 349 g/mol. The van der Waals surface area contributed by atoms with Gasteiger partial charge >= 0.3 is 0 Å². The number of carbonyl (C=O) groups excluding carboxylic acids is 1. The average molecular weight is 349 g/mol. The highest BCUT2D eigenvalue weighted by Crippen LogP contribution is 2.12. The van der Waals surface area contributed by atoms with E-state index in [4.69, 9.17) is 4.74 Å². The minimum atomic E-state index is -1.21. The Labute approximate surface area is 150 Å². The molecule has 26 heavy (non-hydrogen) atoms. The van der Waals surface area contributed by atoms with Crippen LogP contribution in [0.15, 0.2) is 65.7 Å². The molecule has 0 spiro atoms. The summed E-state index contributed by atoms with van der Waals surface area (Å²) in [6, 6.07) is 15.8. The molecule has 0 aliphatic heterocycles. The first-order valence-corrected chi connectivity index (χ1v) is 8.07. The summed E-state index contributed by atoms with van der Waals surface area (Å²) in [6.45, 7) is 2.32. The number of benzene rings is 2. The Bertz CT molecular complexity index is 981. The van der Waals surface area contributed by atoms with Crippen LogP contribution in [0.4, 0.5) is 0 Å². The summed E-state index contributed by atoms with van der Waals surface area (Å²) in [5, 5.41) is 11.0. The molecule has 132 valence electrons. The van der Waals surface area contributed by atoms with E-state index in [0.717, 1.165) is 11.1 Å². The second-order valence-corrected chi connectivity index (χ2v) is 5.90. The van der Waals surface area contributed by atoms with Gasteiger partial charge < -0.3 is 14.6 Å². The molecule has 0 N–H and O–H groups in total. The number of aromatic nitrogens is 2. The molecular weight excluding hydrogens is 332 g/mol. The summed E-state index contributed by atoms with van der Waals surface area (Å²) in [4.78, 5) is 27.4. The smallest absolute Gasteiger partial charge is 0.257 e. The molecule has 0 bridgehead atoms. The summed E-state index contributed by atoms with van der Waals surface area (Å²) >= 11 is 0. The van der Waals surface area contributed by atoms with Gasteiger partial charge in [0.15, 0.2) is 0 Å². The quantitative estimate of drug-likeness (QED) is 0.674. The van der Waals surface area contributed by atoms with E-state index in [1.54, 1.807) is 19.1 Å². The number of ether oxygens (including phenoxy) is 1. The molecule has 0 amide bonds. The van der Waals surface area contributed by atoms with E-state index in [-0.39, 0.29) is 17.0 Å². The van der Waals surface area contributed by atoms with Gasteiger partial charge in [-0.05, 0) is 23.6 Å². The fourth-order valence-corrected chi connectivity index (χ4v) is 2.59. The number of carbonyl (C=O) groups is 1. The summed E-state index contributed by atoms with van der Waals surface area (Å²) in [5.41, 5.74) is 2.27. The fourth-order valence-electron chi connectivity index (χ4n) is 2.59. The number of rotatable bonds is 6. The van der Waals surface area contributed by atoms with Crippen LogP contribution in [0.3, 0.4) is 0 Å². The zero-order valence-corrected chi connectivity index (χ0v) is 14.2. The van der Waals surface area contributed by atoms with Crippen molar-refractivity contribution in [2.75, 3.05) is 0 Å². The molecule has 0 saturated heterocycles. The highest BCUT2D eigenvalue weighted by Gasteiger charge is 2.05. The number of carboxylic acids is 1. The van der Waals surface area contributed by atoms with Gasteiger partial charge in [-0.25, -0.2) is 4.98 Å². The number of hydrogen-bond donors (Lipinski definition) is 0. The molecule has 0 atom stereocenters. The molecule has 0 radical (unpaired) electrons. The van der Waals surface area contributed by atoms with Crippen LogP contribution < -0.4 is 15.4 Å². The Morgan fingerprint density at radius 3 is 2.54 bits per heavy atom. The second kappa shape index (κ2) is 7.65. The molecule has 0 saturated carbocycles. The van der Waals surface area contributed by atoms with Gasteiger partial charge in [0.25, 0.3) is 5.56 Å². The van der Waals surface area contributed by atoms with Crippen LogP contribution in [-0.2, 0) is 13.2 Å². The van der Waals surface area contributed by atoms with Crippen LogP contribution in [0.5, 0.6) is 5.88 Å². The summed E-state index contributed by atoms with van der Waals surface area (Å²) in [6.07, 6.45) is 1.42. The van der Waals surface area contributed by atoms with Gasteiger partial charge in [0.05, 0.1) is 18.6 Å². The Morgan fingerprint density at radius 2 is 1.88 bits per heavy atom. The standard InChI is InChI=1S/C20H18N2O4/c1-14-9-16(7-8-17(14)20(24)25)11-22-13-21-18(10-19(22)23)26-12-15-5-3-2-4-6-15/h2-10,13H,11-12H2,1H3,(H,24,25)/p-1. The molecular formula is C20H17N2O4-. The first-order valence-electron chi connectivity index (χ1n) is 8.07. The Balaban J connectivity index is 1.71. The zero-order valence-electron chi connectivity index (χ0n) is 14.2. The number of aromatic carboxylic acids is 1. The Morgan fingerprint density at radius 1 is 1.12 bits per heavy atom. The van der Waals surface area contributed by atoms with Crippen molar-refractivity contribution in [2.24, 2.45) is 0 Å². The van der Waals surface area contributed by atoms with E-state index in [2.05, 4.69) is 4.98 Å². The van der Waals surface area contributed by atoms with Gasteiger partial charge in [-0.1, -0.05) is 48.5 Å². The van der Waals surface area contributed by atoms with Gasteiger partial charge in [0.2, 0.25) is 5.88 Å². The van der Waals surface area contributed by atoms with Crippen molar-refractivity contribution >= 4 is 5.97 Å². The van der Waals surface area contributed by atoms with Gasteiger partial charge in [-0.2, -0.15) is 0 Å². The van der Waals surface area contributed by atoms with E-state index in [0.29, 0.717) is 18.7 Å². The topological polar surface area (TPSA) is 84.2 Å².